The number of morpholine rings is 1. The largest absolute Gasteiger partial charge is 0.372 e. The lowest BCUT2D eigenvalue weighted by atomic mass is 10.2. The molecule has 3 amide bonds. The molecule has 3 rings (SSSR count). The van der Waals surface area contributed by atoms with E-state index in [0.29, 0.717) is 31.9 Å². The summed E-state index contributed by atoms with van der Waals surface area (Å²) < 4.78 is 32.9. The number of urea groups is 1. The van der Waals surface area contributed by atoms with Gasteiger partial charge >= 0.3 is 6.03 Å². The first-order chi connectivity index (χ1) is 14.2. The summed E-state index contributed by atoms with van der Waals surface area (Å²) in [6.45, 7) is 9.48. The van der Waals surface area contributed by atoms with Gasteiger partial charge in [0.1, 0.15) is 0 Å². The molecule has 0 unspecified atom stereocenters. The van der Waals surface area contributed by atoms with Gasteiger partial charge in [0, 0.05) is 45.0 Å². The fraction of sp³-hybridized carbons (Fsp3) is 0.500. The lowest BCUT2D eigenvalue weighted by Gasteiger charge is -2.40. The number of carbonyl (C=O) groups is 2. The Kier molecular flexibility index (Phi) is 6.79. The Balaban J connectivity index is 1.60. The van der Waals surface area contributed by atoms with Crippen molar-refractivity contribution in [1.82, 2.24) is 14.1 Å². The predicted octanol–water partition coefficient (Wildman–Crippen LogP) is 1.35. The topological polar surface area (TPSA) is 99.3 Å². The Morgan fingerprint density at radius 3 is 2.13 bits per heavy atom. The van der Waals surface area contributed by atoms with E-state index in [0.717, 1.165) is 6.08 Å². The minimum absolute atomic E-state index is 0.0152. The molecule has 0 aromatic heterocycles. The van der Waals surface area contributed by atoms with Crippen molar-refractivity contribution in [2.24, 2.45) is 0 Å². The highest BCUT2D eigenvalue weighted by molar-refractivity contribution is 7.89. The molecule has 0 radical (unpaired) electrons. The summed E-state index contributed by atoms with van der Waals surface area (Å²) in [5, 5.41) is 2.58. The van der Waals surface area contributed by atoms with Crippen LogP contribution in [0.15, 0.2) is 41.8 Å². The molecule has 0 spiro atoms. The van der Waals surface area contributed by atoms with Gasteiger partial charge in [-0.25, -0.2) is 13.2 Å². The van der Waals surface area contributed by atoms with Gasteiger partial charge in [-0.05, 0) is 44.2 Å². The second kappa shape index (κ2) is 9.15. The van der Waals surface area contributed by atoms with Gasteiger partial charge in [-0.15, -0.1) is 0 Å². The number of nitrogens with one attached hydrogen (secondary N) is 1. The number of hydrogen-bond donors (Lipinski definition) is 1. The smallest absolute Gasteiger partial charge is 0.320 e. The first-order valence-electron chi connectivity index (χ1n) is 9.93. The average molecular weight is 437 g/mol. The number of benzene rings is 1. The molecule has 2 atom stereocenters. The van der Waals surface area contributed by atoms with Gasteiger partial charge < -0.3 is 19.9 Å². The van der Waals surface area contributed by atoms with E-state index in [1.807, 2.05) is 13.8 Å². The molecule has 30 heavy (non-hydrogen) atoms. The van der Waals surface area contributed by atoms with Crippen molar-refractivity contribution in [3.63, 3.8) is 0 Å². The van der Waals surface area contributed by atoms with E-state index in [2.05, 4.69) is 11.9 Å². The van der Waals surface area contributed by atoms with Crippen molar-refractivity contribution in [3.05, 3.63) is 36.9 Å². The zero-order chi connectivity index (χ0) is 21.9. The van der Waals surface area contributed by atoms with Crippen LogP contribution < -0.4 is 5.32 Å². The van der Waals surface area contributed by atoms with E-state index in [1.165, 1.54) is 28.6 Å². The molecule has 164 valence electrons. The Bertz CT molecular complexity index is 884. The highest BCUT2D eigenvalue weighted by Crippen LogP contribution is 2.21. The van der Waals surface area contributed by atoms with Crippen molar-refractivity contribution in [1.29, 1.82) is 0 Å². The number of anilines is 1. The zero-order valence-electron chi connectivity index (χ0n) is 17.3. The van der Waals surface area contributed by atoms with Crippen molar-refractivity contribution < 1.29 is 22.7 Å². The molecule has 9 nitrogen and oxygen atoms in total. The Morgan fingerprint density at radius 1 is 1.03 bits per heavy atom. The number of sulfonamides is 1. The van der Waals surface area contributed by atoms with E-state index < -0.39 is 10.0 Å². The van der Waals surface area contributed by atoms with Crippen LogP contribution in [0.25, 0.3) is 0 Å². The number of hydrogen-bond acceptors (Lipinski definition) is 5. The molecule has 0 saturated carbocycles. The summed E-state index contributed by atoms with van der Waals surface area (Å²) in [6.07, 6.45) is 1.11. The van der Waals surface area contributed by atoms with E-state index >= 15 is 0 Å². The lowest BCUT2D eigenvalue weighted by Crippen LogP contribution is -2.57. The summed E-state index contributed by atoms with van der Waals surface area (Å²) in [5.74, 6) is -0.365. The molecule has 2 aliphatic heterocycles. The molecule has 0 bridgehead atoms. The van der Waals surface area contributed by atoms with E-state index in [1.54, 1.807) is 9.80 Å². The van der Waals surface area contributed by atoms with Crippen LogP contribution >= 0.6 is 0 Å². The predicted molar refractivity (Wildman–Crippen MR) is 113 cm³/mol. The second-order valence-corrected chi connectivity index (χ2v) is 9.49. The fourth-order valence-electron chi connectivity index (χ4n) is 3.71. The van der Waals surface area contributed by atoms with Crippen LogP contribution in [0.5, 0.6) is 0 Å². The highest BCUT2D eigenvalue weighted by Gasteiger charge is 2.34. The molecule has 10 heteroatoms. The fourth-order valence-corrected chi connectivity index (χ4v) is 5.13. The van der Waals surface area contributed by atoms with Crippen molar-refractivity contribution in [2.45, 2.75) is 31.0 Å². The average Bonchev–Trinajstić information content (AvgIpc) is 2.73. The first kappa shape index (κ1) is 22.3. The van der Waals surface area contributed by atoms with E-state index in [4.69, 9.17) is 4.74 Å². The number of nitrogens with zero attached hydrogens (tertiary/aromatic N) is 3. The Hall–Kier alpha value is -2.43. The summed E-state index contributed by atoms with van der Waals surface area (Å²) in [7, 11) is -3.68. The quantitative estimate of drug-likeness (QED) is 0.719. The number of rotatable bonds is 4. The van der Waals surface area contributed by atoms with Crippen LogP contribution in [0, 0.1) is 0 Å². The zero-order valence-corrected chi connectivity index (χ0v) is 18.1. The number of carbonyl (C=O) groups excluding carboxylic acids is 2. The normalized spacial score (nSPS) is 23.1. The molecule has 2 heterocycles. The van der Waals surface area contributed by atoms with Gasteiger partial charge in [-0.1, -0.05) is 6.58 Å². The van der Waals surface area contributed by atoms with Crippen molar-refractivity contribution in [3.8, 4) is 0 Å². The van der Waals surface area contributed by atoms with Crippen LogP contribution in [-0.4, -0.2) is 85.9 Å². The molecule has 2 saturated heterocycles. The van der Waals surface area contributed by atoms with Crippen LogP contribution in [0.3, 0.4) is 0 Å². The monoisotopic (exact) mass is 436 g/mol. The summed E-state index contributed by atoms with van der Waals surface area (Å²) in [6, 6.07) is 5.92. The number of ether oxygens (including phenoxy) is 1. The maximum atomic E-state index is 12.9. The van der Waals surface area contributed by atoms with E-state index in [9.17, 15) is 18.0 Å². The third-order valence-corrected chi connectivity index (χ3v) is 7.06. The highest BCUT2D eigenvalue weighted by atomic mass is 32.2. The van der Waals surface area contributed by atoms with Gasteiger partial charge in [0.05, 0.1) is 17.1 Å². The number of piperazine rings is 1. The standard InChI is InChI=1S/C20H28N4O5S/c1-4-19(25)21-17-5-7-18(8-6-17)30(27,28)24-11-9-22(10-12-24)20(26)23-13-15(2)29-16(3)14-23/h4-8,15-16H,1,9-14H2,2-3H3,(H,21,25)/t15-,16+. The van der Waals surface area contributed by atoms with Crippen LogP contribution in [0.1, 0.15) is 13.8 Å². The second-order valence-electron chi connectivity index (χ2n) is 7.55. The SMILES string of the molecule is C=CC(=O)Nc1ccc(S(=O)(=O)N2CCN(C(=O)N3C[C@@H](C)O[C@@H](C)C3)CC2)cc1. The molecule has 2 fully saturated rings. The van der Waals surface area contributed by atoms with Gasteiger partial charge in [0.25, 0.3) is 0 Å². The minimum Gasteiger partial charge on any atom is -0.372 e. The lowest BCUT2D eigenvalue weighted by molar-refractivity contribution is -0.111. The van der Waals surface area contributed by atoms with Crippen LogP contribution in [0.4, 0.5) is 10.5 Å². The van der Waals surface area contributed by atoms with E-state index in [-0.39, 0.29) is 42.1 Å². The third kappa shape index (κ3) is 5.00. The minimum atomic E-state index is -3.68. The summed E-state index contributed by atoms with van der Waals surface area (Å²) in [5.41, 5.74) is 0.489. The summed E-state index contributed by atoms with van der Waals surface area (Å²) in [4.78, 5) is 27.8. The van der Waals surface area contributed by atoms with Crippen LogP contribution in [0.2, 0.25) is 0 Å². The number of amides is 3. The molecule has 2 aliphatic rings. The Labute approximate surface area is 177 Å². The molecule has 1 aromatic rings. The maximum Gasteiger partial charge on any atom is 0.320 e. The van der Waals surface area contributed by atoms with Crippen molar-refractivity contribution >= 4 is 27.6 Å². The van der Waals surface area contributed by atoms with Gasteiger partial charge in [0.2, 0.25) is 15.9 Å². The molecule has 1 N–H and O–H groups in total. The van der Waals surface area contributed by atoms with Gasteiger partial charge in [-0.3, -0.25) is 4.79 Å². The molecule has 0 aliphatic carbocycles. The van der Waals surface area contributed by atoms with Gasteiger partial charge in [0.15, 0.2) is 0 Å². The van der Waals surface area contributed by atoms with Crippen molar-refractivity contribution in [2.75, 3.05) is 44.6 Å². The molecule has 1 aromatic carbocycles. The first-order valence-corrected chi connectivity index (χ1v) is 11.4. The maximum absolute atomic E-state index is 12.9. The summed E-state index contributed by atoms with van der Waals surface area (Å²) >= 11 is 0. The molecular formula is C20H28N4O5S. The van der Waals surface area contributed by atoms with Gasteiger partial charge in [-0.2, -0.15) is 4.31 Å². The third-order valence-electron chi connectivity index (χ3n) is 5.14. The molecular weight excluding hydrogens is 408 g/mol. The Morgan fingerprint density at radius 2 is 1.60 bits per heavy atom. The van der Waals surface area contributed by atoms with Crippen LogP contribution in [-0.2, 0) is 19.6 Å².